The first-order chi connectivity index (χ1) is 30.7. The van der Waals surface area contributed by atoms with Crippen LogP contribution in [0, 0.1) is 6.92 Å². The van der Waals surface area contributed by atoms with Gasteiger partial charge in [0.1, 0.15) is 52.8 Å². The summed E-state index contributed by atoms with van der Waals surface area (Å²) in [7, 11) is 3.09. The molecule has 6 aromatic carbocycles. The predicted octanol–water partition coefficient (Wildman–Crippen LogP) is 10.8. The Morgan fingerprint density at radius 1 is 0.524 bits per heavy atom. The van der Waals surface area contributed by atoms with Gasteiger partial charge in [-0.25, -0.2) is 15.0 Å². The molecular formula is C47H36N6O7S3. The summed E-state index contributed by atoms with van der Waals surface area (Å²) in [5.74, 6) is 1.09. The molecule has 0 aliphatic rings. The first kappa shape index (κ1) is 41.0. The van der Waals surface area contributed by atoms with Crippen molar-refractivity contribution < 1.29 is 33.3 Å². The average Bonchev–Trinajstić information content (AvgIpc) is 4.04. The number of carbonyl (C=O) groups excluding carboxylic acids is 3. The number of nitrogens with one attached hydrogen (secondary N) is 3. The van der Waals surface area contributed by atoms with Gasteiger partial charge >= 0.3 is 0 Å². The van der Waals surface area contributed by atoms with Gasteiger partial charge < -0.3 is 18.9 Å². The number of aromatic nitrogens is 3. The van der Waals surface area contributed by atoms with E-state index in [-0.39, 0.29) is 25.0 Å². The zero-order valence-electron chi connectivity index (χ0n) is 33.9. The van der Waals surface area contributed by atoms with E-state index in [2.05, 4.69) is 25.9 Å². The fraction of sp³-hybridized carbons (Fsp3) is 0.106. The summed E-state index contributed by atoms with van der Waals surface area (Å²) >= 11 is 4.03. The molecule has 0 bridgehead atoms. The van der Waals surface area contributed by atoms with Crippen LogP contribution in [0.1, 0.15) is 47.8 Å². The molecule has 0 spiro atoms. The van der Waals surface area contributed by atoms with E-state index in [4.69, 9.17) is 23.9 Å². The van der Waals surface area contributed by atoms with Gasteiger partial charge in [0, 0.05) is 16.7 Å². The quantitative estimate of drug-likeness (QED) is 0.0957. The third-order valence-corrected chi connectivity index (χ3v) is 12.7. The minimum absolute atomic E-state index is 0.0834. The molecule has 0 aliphatic heterocycles. The van der Waals surface area contributed by atoms with E-state index < -0.39 is 5.91 Å². The van der Waals surface area contributed by atoms with E-state index in [0.29, 0.717) is 77.2 Å². The monoisotopic (exact) mass is 892 g/mol. The van der Waals surface area contributed by atoms with E-state index in [1.54, 1.807) is 43.5 Å². The number of anilines is 3. The Morgan fingerprint density at radius 2 is 1.03 bits per heavy atom. The smallest absolute Gasteiger partial charge is 0.261 e. The number of ether oxygens (including phenoxy) is 4. The van der Waals surface area contributed by atoms with Gasteiger partial charge in [-0.3, -0.25) is 30.3 Å². The summed E-state index contributed by atoms with van der Waals surface area (Å²) in [6.45, 7) is 2.14. The highest BCUT2D eigenvalue weighted by molar-refractivity contribution is 7.23. The molecule has 0 saturated carbocycles. The molecule has 9 rings (SSSR count). The molecule has 0 atom stereocenters. The normalized spacial score (nSPS) is 11.1. The molecule has 0 unspecified atom stereocenters. The standard InChI is InChI=1S/C47H36N6O7S3/c1-26-11-4-5-15-30(26)43(55)52-46-50-40-34(19-10-22-37(40)62-46)60-25-29-14-7-16-31(41(29)58-3)44(56)53-47-49-39-33(18-9-21-36(39)63-47)59-24-27-12-6-13-28(23-27)42(54)51-45-48-38-32(57-2)17-8-20-35(38)61-45/h4-23H,24-25H2,1-3H3,(H,48,51,54)(H,49,53,56)(H,50,52,55). The maximum absolute atomic E-state index is 13.8. The molecule has 0 radical (unpaired) electrons. The molecular weight excluding hydrogens is 857 g/mol. The van der Waals surface area contributed by atoms with Crippen LogP contribution >= 0.6 is 34.0 Å². The van der Waals surface area contributed by atoms with Crippen molar-refractivity contribution >= 4 is 97.8 Å². The van der Waals surface area contributed by atoms with Crippen LogP contribution in [0.5, 0.6) is 23.0 Å². The summed E-state index contributed by atoms with van der Waals surface area (Å²) in [6.07, 6.45) is 0. The number of para-hydroxylation sites is 4. The lowest BCUT2D eigenvalue weighted by atomic mass is 10.1. The van der Waals surface area contributed by atoms with Crippen LogP contribution in [0.2, 0.25) is 0 Å². The zero-order chi connectivity index (χ0) is 43.5. The van der Waals surface area contributed by atoms with Crippen molar-refractivity contribution in [2.75, 3.05) is 30.2 Å². The van der Waals surface area contributed by atoms with Crippen LogP contribution in [0.15, 0.2) is 121 Å². The van der Waals surface area contributed by atoms with Gasteiger partial charge in [-0.2, -0.15) is 0 Å². The van der Waals surface area contributed by atoms with Crippen LogP contribution in [-0.2, 0) is 13.2 Å². The zero-order valence-corrected chi connectivity index (χ0v) is 36.3. The van der Waals surface area contributed by atoms with E-state index >= 15 is 0 Å². The number of hydrogen-bond acceptors (Lipinski definition) is 13. The van der Waals surface area contributed by atoms with E-state index in [9.17, 15) is 14.4 Å². The van der Waals surface area contributed by atoms with Crippen molar-refractivity contribution in [2.24, 2.45) is 0 Å². The fourth-order valence-electron chi connectivity index (χ4n) is 6.89. The highest BCUT2D eigenvalue weighted by atomic mass is 32.1. The Bertz CT molecular complexity index is 3200. The molecule has 3 N–H and O–H groups in total. The van der Waals surface area contributed by atoms with Crippen LogP contribution in [-0.4, -0.2) is 46.9 Å². The lowest BCUT2D eigenvalue weighted by Gasteiger charge is -2.14. The number of carbonyl (C=O) groups is 3. The lowest BCUT2D eigenvalue weighted by Crippen LogP contribution is -2.14. The van der Waals surface area contributed by atoms with Gasteiger partial charge in [0.2, 0.25) is 0 Å². The number of thiazole rings is 3. The summed E-state index contributed by atoms with van der Waals surface area (Å²) in [5.41, 5.74) is 5.51. The maximum Gasteiger partial charge on any atom is 0.261 e. The second-order valence-electron chi connectivity index (χ2n) is 14.0. The van der Waals surface area contributed by atoms with Gasteiger partial charge in [0.15, 0.2) is 15.4 Å². The summed E-state index contributed by atoms with van der Waals surface area (Å²) in [5, 5.41) is 10.0. The van der Waals surface area contributed by atoms with Gasteiger partial charge in [-0.15, -0.1) is 0 Å². The van der Waals surface area contributed by atoms with Gasteiger partial charge in [0.25, 0.3) is 17.7 Å². The predicted molar refractivity (Wildman–Crippen MR) is 249 cm³/mol. The number of hydrogen-bond donors (Lipinski definition) is 3. The Hall–Kier alpha value is -7.40. The molecule has 3 heterocycles. The Balaban J connectivity index is 0.853. The first-order valence-corrected chi connectivity index (χ1v) is 21.9. The first-order valence-electron chi connectivity index (χ1n) is 19.5. The Kier molecular flexibility index (Phi) is 11.6. The third-order valence-electron chi connectivity index (χ3n) is 9.93. The second-order valence-corrected chi connectivity index (χ2v) is 17.1. The van der Waals surface area contributed by atoms with Crippen LogP contribution < -0.4 is 34.9 Å². The number of benzene rings is 6. The fourth-order valence-corrected chi connectivity index (χ4v) is 9.53. The molecule has 0 fully saturated rings. The average molecular weight is 893 g/mol. The van der Waals surface area contributed by atoms with Crippen molar-refractivity contribution in [2.45, 2.75) is 20.1 Å². The molecule has 9 aromatic rings. The minimum atomic E-state index is -0.411. The molecule has 3 amide bonds. The van der Waals surface area contributed by atoms with E-state index in [1.807, 2.05) is 91.9 Å². The number of nitrogens with zero attached hydrogens (tertiary/aromatic N) is 3. The topological polar surface area (TPSA) is 163 Å². The molecule has 0 aliphatic carbocycles. The lowest BCUT2D eigenvalue weighted by molar-refractivity contribution is 0.101. The van der Waals surface area contributed by atoms with E-state index in [1.165, 1.54) is 41.1 Å². The molecule has 63 heavy (non-hydrogen) atoms. The van der Waals surface area contributed by atoms with Crippen LogP contribution in [0.4, 0.5) is 15.4 Å². The highest BCUT2D eigenvalue weighted by Gasteiger charge is 2.21. The SMILES string of the molecule is COc1c(COc2cccc3sc(NC(=O)c4ccccc4C)nc23)cccc1C(=O)Nc1nc2c(OCc3cccc(C(=O)Nc4nc5c(OC)cccc5s4)c3)cccc2s1. The van der Waals surface area contributed by atoms with Crippen molar-refractivity contribution in [3.05, 3.63) is 155 Å². The van der Waals surface area contributed by atoms with Gasteiger partial charge in [-0.05, 0) is 78.7 Å². The van der Waals surface area contributed by atoms with Gasteiger partial charge in [0.05, 0.1) is 33.9 Å². The Morgan fingerprint density at radius 3 is 1.63 bits per heavy atom. The molecule has 13 nitrogen and oxygen atoms in total. The Labute approximate surface area is 372 Å². The number of aryl methyl sites for hydroxylation is 1. The maximum atomic E-state index is 13.8. The number of amides is 3. The summed E-state index contributed by atoms with van der Waals surface area (Å²) in [6, 6.07) is 36.6. The van der Waals surface area contributed by atoms with Crippen molar-refractivity contribution in [1.82, 2.24) is 15.0 Å². The van der Waals surface area contributed by atoms with E-state index in [0.717, 1.165) is 25.2 Å². The summed E-state index contributed by atoms with van der Waals surface area (Å²) in [4.78, 5) is 53.9. The van der Waals surface area contributed by atoms with Crippen molar-refractivity contribution in [3.8, 4) is 23.0 Å². The number of methoxy groups -OCH3 is 2. The van der Waals surface area contributed by atoms with Crippen molar-refractivity contribution in [3.63, 3.8) is 0 Å². The van der Waals surface area contributed by atoms with Gasteiger partial charge in [-0.1, -0.05) is 94.7 Å². The molecule has 0 saturated heterocycles. The molecule has 16 heteroatoms. The number of rotatable bonds is 14. The minimum Gasteiger partial charge on any atom is -0.495 e. The van der Waals surface area contributed by atoms with Crippen molar-refractivity contribution in [1.29, 1.82) is 0 Å². The highest BCUT2D eigenvalue weighted by Crippen LogP contribution is 2.37. The molecule has 314 valence electrons. The summed E-state index contributed by atoms with van der Waals surface area (Å²) < 4.78 is 26.2. The molecule has 3 aromatic heterocycles. The second kappa shape index (κ2) is 17.9. The largest absolute Gasteiger partial charge is 0.495 e. The van der Waals surface area contributed by atoms with Crippen LogP contribution in [0.3, 0.4) is 0 Å². The number of fused-ring (bicyclic) bond motifs is 3. The third kappa shape index (κ3) is 8.72. The van der Waals surface area contributed by atoms with Crippen LogP contribution in [0.25, 0.3) is 30.6 Å².